The maximum absolute atomic E-state index is 11.2. The molecule has 2 heterocycles. The Balaban J connectivity index is 1.92. The molecule has 3 rings (SSSR count). The van der Waals surface area contributed by atoms with Gasteiger partial charge in [0.2, 0.25) is 0 Å². The first kappa shape index (κ1) is 6.27. The molecule has 0 N–H and O–H groups in total. The van der Waals surface area contributed by atoms with Crippen LogP contribution in [-0.4, -0.2) is 13.1 Å². The van der Waals surface area contributed by atoms with Gasteiger partial charge >= 0.3 is 0 Å². The minimum Gasteiger partial charge on any atom is -0.300 e. The van der Waals surface area contributed by atoms with Gasteiger partial charge in [-0.05, 0) is 11.8 Å². The smallest absolute Gasteiger partial charge is 0.133 e. The fourth-order valence-corrected chi connectivity index (χ4v) is 3.47. The number of fused-ring (bicyclic) bond motifs is 1. The molecule has 2 aliphatic heterocycles. The number of rotatable bonds is 0. The summed E-state index contributed by atoms with van der Waals surface area (Å²) >= 11 is 0. The molecule has 0 spiro atoms. The minimum absolute atomic E-state index is 0.532. The molecule has 2 heteroatoms. The molecule has 57 valence electrons. The zero-order valence-corrected chi connectivity index (χ0v) is 6.62. The van der Waals surface area contributed by atoms with E-state index in [1.165, 1.54) is 12.8 Å². The van der Waals surface area contributed by atoms with Crippen LogP contribution in [0.4, 0.5) is 0 Å². The van der Waals surface area contributed by atoms with E-state index in [2.05, 4.69) is 7.28 Å². The molecule has 2 atom stereocenters. The van der Waals surface area contributed by atoms with Gasteiger partial charge in [-0.2, -0.15) is 0 Å². The zero-order valence-electron chi connectivity index (χ0n) is 6.62. The van der Waals surface area contributed by atoms with Gasteiger partial charge in [0.1, 0.15) is 13.1 Å². The number of ketones is 1. The number of carbonyl (C=O) groups excluding carboxylic acids is 1. The summed E-state index contributed by atoms with van der Waals surface area (Å²) in [5, 5.41) is 0. The molecular formula is C9H12BO. The van der Waals surface area contributed by atoms with Crippen molar-refractivity contribution in [2.45, 2.75) is 37.3 Å². The van der Waals surface area contributed by atoms with Gasteiger partial charge in [-0.3, -0.25) is 4.79 Å². The van der Waals surface area contributed by atoms with Gasteiger partial charge < -0.3 is 0 Å². The lowest BCUT2D eigenvalue weighted by Gasteiger charge is -2.34. The maximum Gasteiger partial charge on any atom is 0.133 e. The van der Waals surface area contributed by atoms with Gasteiger partial charge in [0, 0.05) is 12.8 Å². The van der Waals surface area contributed by atoms with E-state index in [0.29, 0.717) is 5.78 Å². The van der Waals surface area contributed by atoms with E-state index in [-0.39, 0.29) is 0 Å². The standard InChI is InChI=1S/C9H12BO/c11-8-3-5-1-7-2-6(4-8)9(5)10-7/h5-7,9H,1-4H2. The normalized spacial score (nSPS) is 52.9. The summed E-state index contributed by atoms with van der Waals surface area (Å²) < 4.78 is 0. The molecule has 1 radical (unpaired) electrons. The molecule has 1 aliphatic carbocycles. The highest BCUT2D eigenvalue weighted by Gasteiger charge is 2.49. The third kappa shape index (κ3) is 0.757. The van der Waals surface area contributed by atoms with Crippen molar-refractivity contribution >= 4 is 13.1 Å². The van der Waals surface area contributed by atoms with Crippen LogP contribution in [0.2, 0.25) is 11.6 Å². The molecule has 0 aromatic heterocycles. The quantitative estimate of drug-likeness (QED) is 0.476. The first-order chi connectivity index (χ1) is 5.33. The van der Waals surface area contributed by atoms with E-state index in [1.807, 2.05) is 0 Å². The van der Waals surface area contributed by atoms with Crippen LogP contribution >= 0.6 is 0 Å². The van der Waals surface area contributed by atoms with E-state index >= 15 is 0 Å². The molecule has 11 heavy (non-hydrogen) atoms. The third-order valence-corrected chi connectivity index (χ3v) is 3.77. The highest BCUT2D eigenvalue weighted by Crippen LogP contribution is 2.58. The predicted molar refractivity (Wildman–Crippen MR) is 43.7 cm³/mol. The van der Waals surface area contributed by atoms with Crippen molar-refractivity contribution in [3.8, 4) is 0 Å². The molecule has 1 nitrogen and oxygen atoms in total. The molecule has 3 aliphatic rings. The lowest BCUT2D eigenvalue weighted by Crippen LogP contribution is -2.27. The van der Waals surface area contributed by atoms with Crippen molar-refractivity contribution in [2.24, 2.45) is 11.8 Å². The summed E-state index contributed by atoms with van der Waals surface area (Å²) in [5.41, 5.74) is 0. The highest BCUT2D eigenvalue weighted by molar-refractivity contribution is 6.42. The summed E-state index contributed by atoms with van der Waals surface area (Å²) in [7, 11) is 2.53. The largest absolute Gasteiger partial charge is 0.300 e. The number of Topliss-reactive ketones (excluding diaryl/α,β-unsaturated/α-hetero) is 1. The number of hydrogen-bond donors (Lipinski definition) is 0. The minimum atomic E-state index is 0.532. The van der Waals surface area contributed by atoms with E-state index in [9.17, 15) is 4.79 Å². The average molecular weight is 147 g/mol. The van der Waals surface area contributed by atoms with Gasteiger partial charge in [-0.1, -0.05) is 24.5 Å². The summed E-state index contributed by atoms with van der Waals surface area (Å²) in [5.74, 6) is 3.80. The monoisotopic (exact) mass is 147 g/mol. The maximum atomic E-state index is 11.2. The van der Waals surface area contributed by atoms with Crippen molar-refractivity contribution in [1.29, 1.82) is 0 Å². The topological polar surface area (TPSA) is 17.1 Å². The molecule has 0 aromatic carbocycles. The molecule has 2 unspecified atom stereocenters. The van der Waals surface area contributed by atoms with Crippen LogP contribution < -0.4 is 0 Å². The Kier molecular flexibility index (Phi) is 1.09. The molecule has 3 fully saturated rings. The second-order valence-electron chi connectivity index (χ2n) is 4.47. The molecule has 2 bridgehead atoms. The lowest BCUT2D eigenvalue weighted by molar-refractivity contribution is -0.123. The van der Waals surface area contributed by atoms with Gasteiger partial charge in [-0.25, -0.2) is 0 Å². The van der Waals surface area contributed by atoms with Gasteiger partial charge in [0.05, 0.1) is 0 Å². The third-order valence-electron chi connectivity index (χ3n) is 3.77. The summed E-state index contributed by atoms with van der Waals surface area (Å²) in [4.78, 5) is 11.2. The number of carbonyl (C=O) groups is 1. The van der Waals surface area contributed by atoms with Crippen molar-refractivity contribution in [2.75, 3.05) is 0 Å². The average Bonchev–Trinajstić information content (AvgIpc) is 2.41. The van der Waals surface area contributed by atoms with E-state index in [4.69, 9.17) is 0 Å². The Morgan fingerprint density at radius 2 is 1.82 bits per heavy atom. The summed E-state index contributed by atoms with van der Waals surface area (Å²) in [6, 6.07) is 0. The Hall–Kier alpha value is -0.265. The summed E-state index contributed by atoms with van der Waals surface area (Å²) in [6.07, 6.45) is 4.45. The van der Waals surface area contributed by atoms with Crippen LogP contribution in [0.15, 0.2) is 0 Å². The van der Waals surface area contributed by atoms with Gasteiger partial charge in [0.25, 0.3) is 0 Å². The molecule has 0 amide bonds. The molecule has 1 saturated carbocycles. The predicted octanol–water partition coefficient (Wildman–Crippen LogP) is 1.67. The second-order valence-corrected chi connectivity index (χ2v) is 4.47. The molecule has 2 saturated heterocycles. The van der Waals surface area contributed by atoms with Crippen LogP contribution in [0.3, 0.4) is 0 Å². The highest BCUT2D eigenvalue weighted by atomic mass is 16.1. The first-order valence-electron chi connectivity index (χ1n) is 4.69. The fourth-order valence-electron chi connectivity index (χ4n) is 3.47. The van der Waals surface area contributed by atoms with Crippen molar-refractivity contribution in [3.05, 3.63) is 0 Å². The first-order valence-corrected chi connectivity index (χ1v) is 4.69. The van der Waals surface area contributed by atoms with Crippen LogP contribution in [0.25, 0.3) is 0 Å². The van der Waals surface area contributed by atoms with E-state index < -0.39 is 0 Å². The Morgan fingerprint density at radius 1 is 1.18 bits per heavy atom. The fraction of sp³-hybridized carbons (Fsp3) is 0.889. The Labute approximate surface area is 67.8 Å². The van der Waals surface area contributed by atoms with Crippen LogP contribution in [0.5, 0.6) is 0 Å². The van der Waals surface area contributed by atoms with Gasteiger partial charge in [0.15, 0.2) is 0 Å². The Bertz CT molecular complexity index is 196. The number of hydrogen-bond acceptors (Lipinski definition) is 1. The zero-order chi connectivity index (χ0) is 7.42. The SMILES string of the molecule is O=C1CC2CC3[B]C2C(C1)C3. The van der Waals surface area contributed by atoms with Crippen molar-refractivity contribution < 1.29 is 4.79 Å². The van der Waals surface area contributed by atoms with Crippen LogP contribution in [0.1, 0.15) is 25.7 Å². The van der Waals surface area contributed by atoms with Crippen LogP contribution in [-0.2, 0) is 4.79 Å². The Morgan fingerprint density at radius 3 is 2.36 bits per heavy atom. The van der Waals surface area contributed by atoms with E-state index in [0.717, 1.165) is 36.3 Å². The van der Waals surface area contributed by atoms with Gasteiger partial charge in [-0.15, -0.1) is 0 Å². The van der Waals surface area contributed by atoms with Crippen molar-refractivity contribution in [3.63, 3.8) is 0 Å². The van der Waals surface area contributed by atoms with E-state index in [1.54, 1.807) is 0 Å². The molecular weight excluding hydrogens is 135 g/mol. The summed E-state index contributed by atoms with van der Waals surface area (Å²) in [6.45, 7) is 0. The van der Waals surface area contributed by atoms with Crippen LogP contribution in [0, 0.1) is 11.8 Å². The van der Waals surface area contributed by atoms with Crippen molar-refractivity contribution in [1.82, 2.24) is 0 Å². The lowest BCUT2D eigenvalue weighted by atomic mass is 9.61. The molecule has 0 aromatic rings. The second kappa shape index (κ2) is 1.91.